The zero-order valence-corrected chi connectivity index (χ0v) is 18.7. The van der Waals surface area contributed by atoms with Crippen LogP contribution in [0.5, 0.6) is 0 Å². The van der Waals surface area contributed by atoms with Crippen LogP contribution in [0.15, 0.2) is 35.7 Å². The van der Waals surface area contributed by atoms with Crippen LogP contribution >= 0.6 is 11.6 Å². The fraction of sp³-hybridized carbons (Fsp3) is 0.500. The summed E-state index contributed by atoms with van der Waals surface area (Å²) in [6, 6.07) is 6.87. The van der Waals surface area contributed by atoms with Crippen molar-refractivity contribution >= 4 is 40.7 Å². The molecule has 0 aromatic heterocycles. The number of hydrogen-bond acceptors (Lipinski definition) is 6. The minimum atomic E-state index is -1.49. The van der Waals surface area contributed by atoms with E-state index in [1.807, 2.05) is 4.90 Å². The van der Waals surface area contributed by atoms with Crippen LogP contribution in [0, 0.1) is 10.8 Å². The van der Waals surface area contributed by atoms with Crippen LogP contribution in [-0.2, 0) is 25.0 Å². The Kier molecular flexibility index (Phi) is 7.51. The standard InChI is InChI=1S/C20H27ClN4O4S/c1-20(6-7-20)14-29-18(19(26)23-16-5-3-4-15(21)12-16)17(13-22)24-8-10-25(11-9-24)30(27)28-2/h3-5,12-13,22H,6-11,14H2,1-2H3,(H,23,26)/b18-17-,22-13?. The van der Waals surface area contributed by atoms with E-state index in [0.717, 1.165) is 19.1 Å². The number of hydrogen-bond donors (Lipinski definition) is 2. The summed E-state index contributed by atoms with van der Waals surface area (Å²) in [5.74, 6) is -0.317. The second kappa shape index (κ2) is 9.91. The number of anilines is 1. The van der Waals surface area contributed by atoms with Crippen molar-refractivity contribution in [1.82, 2.24) is 9.21 Å². The van der Waals surface area contributed by atoms with Crippen LogP contribution in [0.2, 0.25) is 5.02 Å². The number of carbonyl (C=O) groups is 1. The van der Waals surface area contributed by atoms with Gasteiger partial charge in [-0.05, 0) is 31.0 Å². The molecular weight excluding hydrogens is 428 g/mol. The number of rotatable bonds is 9. The van der Waals surface area contributed by atoms with E-state index < -0.39 is 17.2 Å². The SMILES string of the molecule is COS(=O)N1CCN(/C(C=N)=C(\OCC2(C)CC2)C(=O)Nc2cccc(Cl)c2)CC1. The van der Waals surface area contributed by atoms with Gasteiger partial charge in [-0.15, -0.1) is 0 Å². The number of allylic oxidation sites excluding steroid dienone is 1. The molecule has 0 radical (unpaired) electrons. The smallest absolute Gasteiger partial charge is 0.293 e. The van der Waals surface area contributed by atoms with E-state index in [2.05, 4.69) is 12.2 Å². The molecule has 1 aromatic carbocycles. The first-order chi connectivity index (χ1) is 14.3. The third kappa shape index (κ3) is 5.81. The lowest BCUT2D eigenvalue weighted by Crippen LogP contribution is -2.47. The Morgan fingerprint density at radius 1 is 1.33 bits per heavy atom. The molecule has 8 nitrogen and oxygen atoms in total. The summed E-state index contributed by atoms with van der Waals surface area (Å²) in [4.78, 5) is 15.0. The van der Waals surface area contributed by atoms with Gasteiger partial charge in [0.25, 0.3) is 5.91 Å². The number of benzene rings is 1. The first-order valence-electron chi connectivity index (χ1n) is 9.76. The molecule has 1 saturated carbocycles. The maximum absolute atomic E-state index is 13.1. The molecule has 2 fully saturated rings. The molecule has 164 valence electrons. The van der Waals surface area contributed by atoms with E-state index in [9.17, 15) is 9.00 Å². The Labute approximate surface area is 184 Å². The largest absolute Gasteiger partial charge is 0.486 e. The fourth-order valence-corrected chi connectivity index (χ4v) is 3.96. The van der Waals surface area contributed by atoms with Gasteiger partial charge in [-0.1, -0.05) is 24.6 Å². The van der Waals surface area contributed by atoms with Gasteiger partial charge in [-0.3, -0.25) is 8.98 Å². The molecule has 1 atom stereocenters. The number of halogens is 1. The van der Waals surface area contributed by atoms with Crippen molar-refractivity contribution in [3.63, 3.8) is 0 Å². The Bertz CT molecular complexity index is 851. The lowest BCUT2D eigenvalue weighted by molar-refractivity contribution is -0.116. The van der Waals surface area contributed by atoms with E-state index in [1.165, 1.54) is 7.11 Å². The van der Waals surface area contributed by atoms with E-state index in [1.54, 1.807) is 28.6 Å². The predicted octanol–water partition coefficient (Wildman–Crippen LogP) is 2.80. The maximum Gasteiger partial charge on any atom is 0.293 e. The van der Waals surface area contributed by atoms with Gasteiger partial charge >= 0.3 is 0 Å². The molecule has 3 rings (SSSR count). The number of nitrogens with zero attached hydrogens (tertiary/aromatic N) is 2. The summed E-state index contributed by atoms with van der Waals surface area (Å²) in [5, 5.41) is 11.3. The highest BCUT2D eigenvalue weighted by molar-refractivity contribution is 7.77. The monoisotopic (exact) mass is 454 g/mol. The molecule has 1 saturated heterocycles. The van der Waals surface area contributed by atoms with Crippen molar-refractivity contribution in [2.45, 2.75) is 19.8 Å². The number of ether oxygens (including phenoxy) is 1. The van der Waals surface area contributed by atoms with E-state index in [4.69, 9.17) is 25.9 Å². The summed E-state index contributed by atoms with van der Waals surface area (Å²) >= 11 is 4.53. The number of amides is 1. The molecule has 1 unspecified atom stereocenters. The minimum absolute atomic E-state index is 0.0722. The molecule has 1 heterocycles. The molecule has 0 spiro atoms. The average molecular weight is 455 g/mol. The Morgan fingerprint density at radius 2 is 2.03 bits per heavy atom. The topological polar surface area (TPSA) is 95.0 Å². The normalized spacial score (nSPS) is 20.2. The predicted molar refractivity (Wildman–Crippen MR) is 117 cm³/mol. The van der Waals surface area contributed by atoms with E-state index in [0.29, 0.717) is 49.2 Å². The molecule has 1 aliphatic heterocycles. The van der Waals surface area contributed by atoms with Gasteiger partial charge in [0.15, 0.2) is 0 Å². The molecule has 1 amide bonds. The zero-order valence-electron chi connectivity index (χ0n) is 17.2. The highest BCUT2D eigenvalue weighted by Crippen LogP contribution is 2.45. The highest BCUT2D eigenvalue weighted by Gasteiger charge is 2.39. The molecule has 2 N–H and O–H groups in total. The average Bonchev–Trinajstić information content (AvgIpc) is 3.48. The Hall–Kier alpha value is -1.94. The molecule has 1 aliphatic carbocycles. The minimum Gasteiger partial charge on any atom is -0.486 e. The van der Waals surface area contributed by atoms with Gasteiger partial charge in [0, 0.05) is 48.5 Å². The Morgan fingerprint density at radius 3 is 2.60 bits per heavy atom. The number of nitrogens with one attached hydrogen (secondary N) is 2. The lowest BCUT2D eigenvalue weighted by Gasteiger charge is -2.35. The van der Waals surface area contributed by atoms with Crippen molar-refractivity contribution in [1.29, 1.82) is 5.41 Å². The fourth-order valence-electron chi connectivity index (χ4n) is 3.10. The maximum atomic E-state index is 13.1. The summed E-state index contributed by atoms with van der Waals surface area (Å²) in [7, 11) is 1.40. The zero-order chi connectivity index (χ0) is 21.7. The van der Waals surface area contributed by atoms with Crippen LogP contribution in [-0.4, -0.2) is 65.4 Å². The molecular formula is C20H27ClN4O4S. The van der Waals surface area contributed by atoms with Gasteiger partial charge in [-0.25, -0.2) is 4.21 Å². The van der Waals surface area contributed by atoms with Crippen LogP contribution in [0.25, 0.3) is 0 Å². The van der Waals surface area contributed by atoms with Gasteiger partial charge in [0.05, 0.1) is 13.7 Å². The third-order valence-corrected chi connectivity index (χ3v) is 6.57. The van der Waals surface area contributed by atoms with Gasteiger partial charge < -0.3 is 20.4 Å². The Balaban J connectivity index is 1.80. The van der Waals surface area contributed by atoms with Crippen LogP contribution in [0.1, 0.15) is 19.8 Å². The number of carbonyl (C=O) groups excluding carboxylic acids is 1. The molecule has 2 aliphatic rings. The van der Waals surface area contributed by atoms with E-state index in [-0.39, 0.29) is 11.2 Å². The summed E-state index contributed by atoms with van der Waals surface area (Å²) < 4.78 is 24.4. The molecule has 30 heavy (non-hydrogen) atoms. The quantitative estimate of drug-likeness (QED) is 0.340. The van der Waals surface area contributed by atoms with Crippen LogP contribution < -0.4 is 5.32 Å². The van der Waals surface area contributed by atoms with Gasteiger partial charge in [0.2, 0.25) is 17.0 Å². The lowest BCUT2D eigenvalue weighted by atomic mass is 10.2. The number of piperazine rings is 1. The second-order valence-corrected chi connectivity index (χ2v) is 9.44. The summed E-state index contributed by atoms with van der Waals surface area (Å²) in [5.41, 5.74) is 1.03. The second-order valence-electron chi connectivity index (χ2n) is 7.72. The summed E-state index contributed by atoms with van der Waals surface area (Å²) in [6.07, 6.45) is 3.25. The van der Waals surface area contributed by atoms with Crippen molar-refractivity contribution in [2.24, 2.45) is 5.41 Å². The van der Waals surface area contributed by atoms with Crippen molar-refractivity contribution in [3.8, 4) is 0 Å². The molecule has 10 heteroatoms. The van der Waals surface area contributed by atoms with Crippen LogP contribution in [0.3, 0.4) is 0 Å². The van der Waals surface area contributed by atoms with Gasteiger partial charge in [-0.2, -0.15) is 4.31 Å². The van der Waals surface area contributed by atoms with Crippen molar-refractivity contribution in [3.05, 3.63) is 40.7 Å². The van der Waals surface area contributed by atoms with E-state index >= 15 is 0 Å². The first-order valence-corrected chi connectivity index (χ1v) is 11.2. The van der Waals surface area contributed by atoms with Crippen molar-refractivity contribution < 1.29 is 17.9 Å². The highest BCUT2D eigenvalue weighted by atomic mass is 35.5. The first kappa shape index (κ1) is 22.7. The van der Waals surface area contributed by atoms with Crippen molar-refractivity contribution in [2.75, 3.05) is 45.2 Å². The van der Waals surface area contributed by atoms with Crippen LogP contribution in [0.4, 0.5) is 5.69 Å². The molecule has 0 bridgehead atoms. The van der Waals surface area contributed by atoms with Gasteiger partial charge in [0.1, 0.15) is 5.70 Å². The summed E-state index contributed by atoms with van der Waals surface area (Å²) in [6.45, 7) is 4.48. The third-order valence-electron chi connectivity index (χ3n) is 5.26. The molecule has 1 aromatic rings.